The van der Waals surface area contributed by atoms with Gasteiger partial charge in [-0.1, -0.05) is 5.92 Å². The van der Waals surface area contributed by atoms with Gasteiger partial charge in [-0.2, -0.15) is 0 Å². The zero-order valence-electron chi connectivity index (χ0n) is 9.54. The molecule has 0 N–H and O–H groups in total. The SMILES string of the molecule is C#C[C@]12C[C@H]1CCN2C(=O)OC(C)(C)C. The Morgan fingerprint density at radius 1 is 1.60 bits per heavy atom. The molecule has 1 aliphatic heterocycles. The number of hydrogen-bond donors (Lipinski definition) is 0. The van der Waals surface area contributed by atoms with Crippen LogP contribution in [0.15, 0.2) is 0 Å². The highest BCUT2D eigenvalue weighted by atomic mass is 16.6. The number of fused-ring (bicyclic) bond motifs is 1. The van der Waals surface area contributed by atoms with E-state index in [1.54, 1.807) is 4.90 Å². The summed E-state index contributed by atoms with van der Waals surface area (Å²) in [5.41, 5.74) is -0.748. The molecule has 3 heteroatoms. The lowest BCUT2D eigenvalue weighted by atomic mass is 10.2. The number of carbonyl (C=O) groups is 1. The van der Waals surface area contributed by atoms with Crippen LogP contribution in [0, 0.1) is 18.3 Å². The van der Waals surface area contributed by atoms with Crippen LogP contribution in [-0.4, -0.2) is 28.7 Å². The molecule has 0 radical (unpaired) electrons. The Morgan fingerprint density at radius 2 is 2.27 bits per heavy atom. The number of terminal acetylenes is 1. The molecule has 1 heterocycles. The van der Waals surface area contributed by atoms with E-state index in [1.807, 2.05) is 20.8 Å². The van der Waals surface area contributed by atoms with Crippen LogP contribution in [0.2, 0.25) is 0 Å². The van der Waals surface area contributed by atoms with Gasteiger partial charge in [0.2, 0.25) is 0 Å². The summed E-state index contributed by atoms with van der Waals surface area (Å²) in [6.45, 7) is 6.35. The lowest BCUT2D eigenvalue weighted by molar-refractivity contribution is 0.0222. The van der Waals surface area contributed by atoms with Crippen molar-refractivity contribution in [3.8, 4) is 12.3 Å². The van der Waals surface area contributed by atoms with Crippen molar-refractivity contribution in [1.82, 2.24) is 4.90 Å². The van der Waals surface area contributed by atoms with Crippen molar-refractivity contribution in [2.24, 2.45) is 5.92 Å². The second kappa shape index (κ2) is 2.91. The quantitative estimate of drug-likeness (QED) is 0.569. The maximum atomic E-state index is 11.9. The van der Waals surface area contributed by atoms with Crippen LogP contribution in [-0.2, 0) is 4.74 Å². The Balaban J connectivity index is 2.07. The molecule has 0 aromatic rings. The highest BCUT2D eigenvalue weighted by Gasteiger charge is 2.63. The van der Waals surface area contributed by atoms with Gasteiger partial charge in [0, 0.05) is 6.54 Å². The van der Waals surface area contributed by atoms with Crippen molar-refractivity contribution in [3.63, 3.8) is 0 Å². The summed E-state index contributed by atoms with van der Waals surface area (Å²) in [5, 5.41) is 0. The Labute approximate surface area is 90.8 Å². The fourth-order valence-corrected chi connectivity index (χ4v) is 2.30. The average molecular weight is 207 g/mol. The van der Waals surface area contributed by atoms with Gasteiger partial charge < -0.3 is 4.74 Å². The summed E-state index contributed by atoms with van der Waals surface area (Å²) in [6.07, 6.45) is 7.20. The zero-order chi connectivity index (χ0) is 11.3. The second-order valence-electron chi connectivity index (χ2n) is 5.39. The molecule has 1 aliphatic carbocycles. The lowest BCUT2D eigenvalue weighted by Gasteiger charge is -2.28. The van der Waals surface area contributed by atoms with Crippen LogP contribution in [0.4, 0.5) is 4.79 Å². The number of hydrogen-bond acceptors (Lipinski definition) is 2. The Kier molecular flexibility index (Phi) is 2.01. The molecule has 1 amide bonds. The molecule has 1 saturated carbocycles. The maximum Gasteiger partial charge on any atom is 0.411 e. The van der Waals surface area contributed by atoms with Crippen molar-refractivity contribution in [2.75, 3.05) is 6.54 Å². The molecule has 0 aromatic heterocycles. The van der Waals surface area contributed by atoms with Crippen LogP contribution >= 0.6 is 0 Å². The minimum absolute atomic E-state index is 0.263. The molecule has 0 unspecified atom stereocenters. The fourth-order valence-electron chi connectivity index (χ4n) is 2.30. The molecule has 2 fully saturated rings. The van der Waals surface area contributed by atoms with Crippen molar-refractivity contribution >= 4 is 6.09 Å². The molecule has 1 saturated heterocycles. The monoisotopic (exact) mass is 207 g/mol. The lowest BCUT2D eigenvalue weighted by Crippen LogP contribution is -2.42. The van der Waals surface area contributed by atoms with E-state index >= 15 is 0 Å². The molecule has 0 spiro atoms. The molecule has 2 aliphatic rings. The standard InChI is InChI=1S/C12H17NO2/c1-5-12-8-9(12)6-7-13(12)10(14)15-11(2,3)4/h1,9H,6-8H2,2-4H3/t9-,12+/m1/s1. The van der Waals surface area contributed by atoms with E-state index in [2.05, 4.69) is 5.92 Å². The van der Waals surface area contributed by atoms with Gasteiger partial charge in [0.25, 0.3) is 0 Å². The number of nitrogens with zero attached hydrogens (tertiary/aromatic N) is 1. The van der Waals surface area contributed by atoms with Crippen LogP contribution < -0.4 is 0 Å². The first kappa shape index (κ1) is 10.4. The summed E-state index contributed by atoms with van der Waals surface area (Å²) in [4.78, 5) is 13.6. The number of rotatable bonds is 0. The van der Waals surface area contributed by atoms with Crippen molar-refractivity contribution in [3.05, 3.63) is 0 Å². The fraction of sp³-hybridized carbons (Fsp3) is 0.750. The van der Waals surface area contributed by atoms with E-state index in [0.717, 1.165) is 19.4 Å². The van der Waals surface area contributed by atoms with Gasteiger partial charge in [0.15, 0.2) is 0 Å². The Bertz CT molecular complexity index is 337. The van der Waals surface area contributed by atoms with Crippen LogP contribution in [0.25, 0.3) is 0 Å². The predicted octanol–water partition coefficient (Wildman–Crippen LogP) is 2.02. The number of ether oxygens (including phenoxy) is 1. The van der Waals surface area contributed by atoms with Crippen LogP contribution in [0.1, 0.15) is 33.6 Å². The van der Waals surface area contributed by atoms with Crippen molar-refractivity contribution < 1.29 is 9.53 Å². The Morgan fingerprint density at radius 3 is 2.73 bits per heavy atom. The van der Waals surface area contributed by atoms with E-state index in [4.69, 9.17) is 11.2 Å². The molecular formula is C12H17NO2. The molecule has 2 atom stereocenters. The number of amides is 1. The molecule has 3 nitrogen and oxygen atoms in total. The molecule has 82 valence electrons. The first-order valence-corrected chi connectivity index (χ1v) is 5.37. The van der Waals surface area contributed by atoms with Gasteiger partial charge in [-0.05, 0) is 39.5 Å². The van der Waals surface area contributed by atoms with Gasteiger partial charge in [0.05, 0.1) is 0 Å². The summed E-state index contributed by atoms with van der Waals surface area (Å²) in [7, 11) is 0. The second-order valence-corrected chi connectivity index (χ2v) is 5.39. The zero-order valence-corrected chi connectivity index (χ0v) is 9.54. The highest BCUT2D eigenvalue weighted by Crippen LogP contribution is 2.55. The topological polar surface area (TPSA) is 29.5 Å². The minimum atomic E-state index is -0.445. The maximum absolute atomic E-state index is 11.9. The first-order valence-electron chi connectivity index (χ1n) is 5.37. The number of carbonyl (C=O) groups excluding carboxylic acids is 1. The third kappa shape index (κ3) is 1.58. The molecular weight excluding hydrogens is 190 g/mol. The summed E-state index contributed by atoms with van der Waals surface area (Å²) < 4.78 is 5.34. The van der Waals surface area contributed by atoms with Gasteiger partial charge in [0.1, 0.15) is 11.1 Å². The van der Waals surface area contributed by atoms with Gasteiger partial charge in [-0.3, -0.25) is 4.90 Å². The molecule has 0 aromatic carbocycles. The van der Waals surface area contributed by atoms with E-state index < -0.39 is 5.60 Å². The van der Waals surface area contributed by atoms with Crippen molar-refractivity contribution in [2.45, 2.75) is 44.8 Å². The van der Waals surface area contributed by atoms with Crippen molar-refractivity contribution in [1.29, 1.82) is 0 Å². The normalized spacial score (nSPS) is 33.2. The Hall–Kier alpha value is -1.17. The third-order valence-corrected chi connectivity index (χ3v) is 3.12. The van der Waals surface area contributed by atoms with E-state index in [1.165, 1.54) is 0 Å². The first-order chi connectivity index (χ1) is 6.89. The summed E-state index contributed by atoms with van der Waals surface area (Å²) in [5.74, 6) is 3.27. The van der Waals surface area contributed by atoms with Crippen LogP contribution in [0.5, 0.6) is 0 Å². The summed E-state index contributed by atoms with van der Waals surface area (Å²) >= 11 is 0. The third-order valence-electron chi connectivity index (χ3n) is 3.12. The molecule has 2 rings (SSSR count). The van der Waals surface area contributed by atoms with Gasteiger partial charge in [-0.15, -0.1) is 6.42 Å². The number of piperidine rings is 1. The summed E-state index contributed by atoms with van der Waals surface area (Å²) in [6, 6.07) is 0. The predicted molar refractivity (Wildman–Crippen MR) is 57.2 cm³/mol. The largest absolute Gasteiger partial charge is 0.444 e. The van der Waals surface area contributed by atoms with Crippen LogP contribution in [0.3, 0.4) is 0 Å². The molecule has 0 bridgehead atoms. The minimum Gasteiger partial charge on any atom is -0.444 e. The van der Waals surface area contributed by atoms with Gasteiger partial charge >= 0.3 is 6.09 Å². The highest BCUT2D eigenvalue weighted by molar-refractivity contribution is 5.72. The number of likely N-dealkylation sites (tertiary alicyclic amines) is 1. The van der Waals surface area contributed by atoms with Gasteiger partial charge in [-0.25, -0.2) is 4.79 Å². The smallest absolute Gasteiger partial charge is 0.411 e. The van der Waals surface area contributed by atoms with E-state index in [9.17, 15) is 4.79 Å². The van der Waals surface area contributed by atoms with E-state index in [0.29, 0.717) is 5.92 Å². The molecule has 15 heavy (non-hydrogen) atoms. The van der Waals surface area contributed by atoms with E-state index in [-0.39, 0.29) is 11.6 Å². The average Bonchev–Trinajstić information content (AvgIpc) is 2.70.